The normalized spacial score (nSPS) is 16.5. The molecule has 0 unspecified atom stereocenters. The zero-order valence-electron chi connectivity index (χ0n) is 8.82. The van der Waals surface area contributed by atoms with Crippen molar-refractivity contribution in [1.29, 1.82) is 0 Å². The number of hydrogen-bond donors (Lipinski definition) is 0. The summed E-state index contributed by atoms with van der Waals surface area (Å²) in [6.07, 6.45) is 10.5. The number of allylic oxidation sites excluding steroid dienone is 4. The fraction of sp³-hybridized carbons (Fsp3) is 0.667. The predicted molar refractivity (Wildman–Crippen MR) is 54.2 cm³/mol. The molecule has 13 heavy (non-hydrogen) atoms. The number of rotatable bonds is 5. The molecule has 0 aromatic rings. The van der Waals surface area contributed by atoms with Crippen LogP contribution in [0.25, 0.3) is 0 Å². The van der Waals surface area contributed by atoms with Gasteiger partial charge in [-0.3, -0.25) is 0 Å². The van der Waals surface area contributed by atoms with Gasteiger partial charge in [0.1, 0.15) is 0 Å². The summed E-state index contributed by atoms with van der Waals surface area (Å²) in [7, 11) is 0. The third kappa shape index (κ3) is 3.53. The molecular formula is C12H19Hf. The first-order valence-electron chi connectivity index (χ1n) is 5.41. The number of hydrogen-bond acceptors (Lipinski definition) is 0. The van der Waals surface area contributed by atoms with E-state index in [-0.39, 0.29) is 0 Å². The van der Waals surface area contributed by atoms with Crippen LogP contribution in [0.3, 0.4) is 0 Å². The standard InChI is InChI=1S/C12H19.Hf/c1-3-5-7-12-9-8-11(10-12)6-4-2;/h10H,3-7,9H2,1-2H3;. The van der Waals surface area contributed by atoms with Crippen LogP contribution >= 0.6 is 0 Å². The Kier molecular flexibility index (Phi) is 5.23. The summed E-state index contributed by atoms with van der Waals surface area (Å²) in [5.74, 6) is 0. The van der Waals surface area contributed by atoms with E-state index >= 15 is 0 Å². The van der Waals surface area contributed by atoms with E-state index in [2.05, 4.69) is 19.9 Å². The van der Waals surface area contributed by atoms with Gasteiger partial charge in [-0.25, -0.2) is 0 Å². The third-order valence-electron chi connectivity index (χ3n) is 2.54. The maximum absolute atomic E-state index is 2.49. The Morgan fingerprint density at radius 3 is 2.62 bits per heavy atom. The van der Waals surface area contributed by atoms with Gasteiger partial charge in [0.05, 0.1) is 0 Å². The maximum atomic E-state index is 2.49. The Hall–Kier alpha value is 0.350. The van der Waals surface area contributed by atoms with E-state index in [0.29, 0.717) is 0 Å². The quantitative estimate of drug-likeness (QED) is 0.660. The van der Waals surface area contributed by atoms with Gasteiger partial charge >= 0.3 is 97.3 Å². The van der Waals surface area contributed by atoms with Gasteiger partial charge in [-0.2, -0.15) is 0 Å². The molecule has 1 aliphatic carbocycles. The molecule has 0 heterocycles. The van der Waals surface area contributed by atoms with E-state index < -0.39 is 0 Å². The second-order valence-corrected chi connectivity index (χ2v) is 6.01. The molecule has 0 atom stereocenters. The van der Waals surface area contributed by atoms with Crippen molar-refractivity contribution in [3.05, 3.63) is 20.6 Å². The van der Waals surface area contributed by atoms with E-state index in [1.54, 1.807) is 14.5 Å². The first kappa shape index (κ1) is 11.4. The molecule has 1 aliphatic rings. The van der Waals surface area contributed by atoms with Crippen LogP contribution in [0.5, 0.6) is 0 Å². The van der Waals surface area contributed by atoms with Crippen molar-refractivity contribution in [2.45, 2.75) is 52.4 Å². The summed E-state index contributed by atoms with van der Waals surface area (Å²) in [4.78, 5) is 0. The molecular weight excluding hydrogens is 323 g/mol. The Labute approximate surface area is 97.1 Å². The van der Waals surface area contributed by atoms with Gasteiger partial charge in [-0.1, -0.05) is 0 Å². The Morgan fingerprint density at radius 1 is 1.23 bits per heavy atom. The van der Waals surface area contributed by atoms with Crippen LogP contribution in [0.15, 0.2) is 20.6 Å². The van der Waals surface area contributed by atoms with Crippen molar-refractivity contribution >= 4 is 0 Å². The molecule has 1 heteroatoms. The molecule has 0 aromatic heterocycles. The molecule has 1 rings (SSSR count). The van der Waals surface area contributed by atoms with Crippen LogP contribution in [-0.2, 0) is 24.4 Å². The summed E-state index contributed by atoms with van der Waals surface area (Å²) in [5.41, 5.74) is 3.38. The molecule has 0 spiro atoms. The Balaban J connectivity index is 2.44. The van der Waals surface area contributed by atoms with E-state index in [1.165, 1.54) is 62.9 Å². The topological polar surface area (TPSA) is 0 Å². The molecule has 0 saturated heterocycles. The van der Waals surface area contributed by atoms with Crippen LogP contribution in [0, 0.1) is 0 Å². The van der Waals surface area contributed by atoms with Gasteiger partial charge < -0.3 is 0 Å². The van der Waals surface area contributed by atoms with Gasteiger partial charge in [0.25, 0.3) is 0 Å². The van der Waals surface area contributed by atoms with E-state index in [1.807, 2.05) is 0 Å². The zero-order valence-corrected chi connectivity index (χ0v) is 12.4. The van der Waals surface area contributed by atoms with Crippen LogP contribution in [0.1, 0.15) is 52.4 Å². The summed E-state index contributed by atoms with van der Waals surface area (Å²) in [6.45, 7) is 4.55. The zero-order chi connectivity index (χ0) is 9.68. The number of unbranched alkanes of at least 4 members (excludes halogenated alkanes) is 1. The summed E-state index contributed by atoms with van der Waals surface area (Å²) in [6, 6.07) is 0. The van der Waals surface area contributed by atoms with Gasteiger partial charge in [-0.05, 0) is 0 Å². The molecule has 0 aliphatic heterocycles. The van der Waals surface area contributed by atoms with Crippen molar-refractivity contribution in [2.75, 3.05) is 0 Å². The van der Waals surface area contributed by atoms with Crippen molar-refractivity contribution in [1.82, 2.24) is 0 Å². The molecule has 0 bridgehead atoms. The third-order valence-corrected chi connectivity index (χ3v) is 4.33. The predicted octanol–water partition coefficient (Wildman–Crippen LogP) is 4.11. The fourth-order valence-electron chi connectivity index (χ4n) is 1.78. The van der Waals surface area contributed by atoms with Crippen LogP contribution in [0.2, 0.25) is 0 Å². The molecule has 0 nitrogen and oxygen atoms in total. The second-order valence-electron chi connectivity index (χ2n) is 3.84. The van der Waals surface area contributed by atoms with Crippen LogP contribution < -0.4 is 0 Å². The van der Waals surface area contributed by atoms with Crippen LogP contribution in [-0.4, -0.2) is 0 Å². The SMILES string of the molecule is CCCCC1=CC(CCC)=[C]([Hf])C1. The van der Waals surface area contributed by atoms with Gasteiger partial charge in [-0.15, -0.1) is 0 Å². The molecule has 0 amide bonds. The van der Waals surface area contributed by atoms with Crippen molar-refractivity contribution < 1.29 is 24.4 Å². The molecule has 0 fully saturated rings. The van der Waals surface area contributed by atoms with E-state index in [4.69, 9.17) is 0 Å². The van der Waals surface area contributed by atoms with Crippen molar-refractivity contribution in [3.8, 4) is 0 Å². The molecule has 0 aromatic carbocycles. The average Bonchev–Trinajstić information content (AvgIpc) is 2.45. The average molecular weight is 342 g/mol. The van der Waals surface area contributed by atoms with Gasteiger partial charge in [0, 0.05) is 0 Å². The Bertz CT molecular complexity index is 223. The second kappa shape index (κ2) is 5.95. The summed E-state index contributed by atoms with van der Waals surface area (Å²) in [5, 5.41) is 0. The van der Waals surface area contributed by atoms with Crippen molar-refractivity contribution in [3.63, 3.8) is 0 Å². The van der Waals surface area contributed by atoms with Gasteiger partial charge in [0.2, 0.25) is 0 Å². The van der Waals surface area contributed by atoms with Gasteiger partial charge in [0.15, 0.2) is 0 Å². The summed E-state index contributed by atoms with van der Waals surface area (Å²) < 4.78 is 1.76. The van der Waals surface area contributed by atoms with Crippen LogP contribution in [0.4, 0.5) is 0 Å². The first-order valence-corrected chi connectivity index (χ1v) is 7.20. The monoisotopic (exact) mass is 343 g/mol. The molecule has 71 valence electrons. The first-order chi connectivity index (χ1) is 6.27. The Morgan fingerprint density at radius 2 is 2.00 bits per heavy atom. The minimum absolute atomic E-state index is 1.27. The minimum atomic E-state index is 1.27. The van der Waals surface area contributed by atoms with E-state index in [9.17, 15) is 0 Å². The summed E-state index contributed by atoms with van der Waals surface area (Å²) >= 11 is 1.27. The molecule has 0 radical (unpaired) electrons. The fourth-order valence-corrected chi connectivity index (χ4v) is 3.31. The van der Waals surface area contributed by atoms with Crippen molar-refractivity contribution in [2.24, 2.45) is 0 Å². The molecule has 0 N–H and O–H groups in total. The molecule has 0 saturated carbocycles. The van der Waals surface area contributed by atoms with E-state index in [0.717, 1.165) is 0 Å².